The number of sulfonamides is 1. The van der Waals surface area contributed by atoms with Crippen molar-refractivity contribution in [1.29, 1.82) is 0 Å². The zero-order chi connectivity index (χ0) is 29.3. The molecular weight excluding hydrogens is 562 g/mol. The van der Waals surface area contributed by atoms with E-state index in [1.807, 2.05) is 56.3 Å². The first kappa shape index (κ1) is 28.0. The fraction of sp³-hybridized carbons (Fsp3) is 0.0938. The Hall–Kier alpha value is -4.53. The van der Waals surface area contributed by atoms with Gasteiger partial charge in [-0.2, -0.15) is 0 Å². The molecule has 208 valence electrons. The van der Waals surface area contributed by atoms with Gasteiger partial charge in [0.2, 0.25) is 0 Å². The van der Waals surface area contributed by atoms with Gasteiger partial charge in [0.15, 0.2) is 0 Å². The molecule has 9 heteroatoms. The Labute approximate surface area is 242 Å². The van der Waals surface area contributed by atoms with Gasteiger partial charge in [-0.3, -0.25) is 4.31 Å². The Balaban J connectivity index is 1.60. The quantitative estimate of drug-likeness (QED) is 0.193. The number of ether oxygens (including phenoxy) is 1. The summed E-state index contributed by atoms with van der Waals surface area (Å²) in [6.45, 7) is 3.76. The van der Waals surface area contributed by atoms with Gasteiger partial charge in [-0.05, 0) is 73.0 Å². The number of carbonyl (C=O) groups is 1. The Morgan fingerprint density at radius 1 is 0.829 bits per heavy atom. The smallest absolute Gasteiger partial charge is 0.339 e. The standard InChI is InChI=1S/C32H26ClNO6S/c1-20-16-25(17-21(2)30(20)33)40-24-14-12-23(13-15-24)34(19-22-8-4-3-5-9-22)41(38,39)29-18-28(32(36)37)31(35)27-11-7-6-10-26(27)29/h3-18,35H,19H2,1-2H3,(H,36,37). The van der Waals surface area contributed by atoms with Gasteiger partial charge in [0, 0.05) is 15.8 Å². The van der Waals surface area contributed by atoms with E-state index in [4.69, 9.17) is 16.3 Å². The Kier molecular flexibility index (Phi) is 7.62. The predicted octanol–water partition coefficient (Wildman–Crippen LogP) is 7.70. The normalized spacial score (nSPS) is 11.4. The number of aromatic carboxylic acids is 1. The molecule has 0 bridgehead atoms. The summed E-state index contributed by atoms with van der Waals surface area (Å²) in [5.41, 5.74) is 2.32. The lowest BCUT2D eigenvalue weighted by molar-refractivity contribution is 0.0693. The van der Waals surface area contributed by atoms with Gasteiger partial charge in [0.25, 0.3) is 10.0 Å². The molecule has 0 heterocycles. The maximum atomic E-state index is 14.3. The van der Waals surface area contributed by atoms with E-state index in [1.54, 1.807) is 42.5 Å². The topological polar surface area (TPSA) is 104 Å². The van der Waals surface area contributed by atoms with E-state index in [9.17, 15) is 23.4 Å². The van der Waals surface area contributed by atoms with E-state index in [0.29, 0.717) is 22.2 Å². The van der Waals surface area contributed by atoms with Crippen LogP contribution < -0.4 is 9.04 Å². The number of rotatable bonds is 8. The van der Waals surface area contributed by atoms with E-state index in [-0.39, 0.29) is 22.2 Å². The summed E-state index contributed by atoms with van der Waals surface area (Å²) in [6, 6.07) is 26.6. The third-order valence-corrected chi connectivity index (χ3v) is 9.13. The van der Waals surface area contributed by atoms with Crippen LogP contribution in [0.4, 0.5) is 5.69 Å². The number of hydrogen-bond donors (Lipinski definition) is 2. The second-order valence-electron chi connectivity index (χ2n) is 9.59. The molecule has 0 saturated carbocycles. The molecule has 5 aromatic carbocycles. The molecule has 5 rings (SSSR count). The summed E-state index contributed by atoms with van der Waals surface area (Å²) >= 11 is 6.28. The van der Waals surface area contributed by atoms with E-state index >= 15 is 0 Å². The third-order valence-electron chi connectivity index (χ3n) is 6.72. The molecule has 7 nitrogen and oxygen atoms in total. The van der Waals surface area contributed by atoms with Gasteiger partial charge in [-0.1, -0.05) is 66.2 Å². The highest BCUT2D eigenvalue weighted by atomic mass is 35.5. The Morgan fingerprint density at radius 2 is 1.41 bits per heavy atom. The molecule has 0 radical (unpaired) electrons. The molecule has 0 aliphatic heterocycles. The number of carboxylic acid groups (broad SMARTS) is 1. The summed E-state index contributed by atoms with van der Waals surface area (Å²) in [5, 5.41) is 21.3. The maximum Gasteiger partial charge on any atom is 0.339 e. The van der Waals surface area contributed by atoms with Crippen LogP contribution in [0.3, 0.4) is 0 Å². The van der Waals surface area contributed by atoms with Crippen molar-refractivity contribution >= 4 is 44.1 Å². The van der Waals surface area contributed by atoms with Crippen molar-refractivity contribution in [2.75, 3.05) is 4.31 Å². The minimum absolute atomic E-state index is 0.0173. The van der Waals surface area contributed by atoms with Crippen molar-refractivity contribution in [3.05, 3.63) is 124 Å². The largest absolute Gasteiger partial charge is 0.506 e. The molecule has 0 fully saturated rings. The number of phenols is 1. The van der Waals surface area contributed by atoms with Crippen LogP contribution in [-0.4, -0.2) is 24.6 Å². The second-order valence-corrected chi connectivity index (χ2v) is 11.8. The lowest BCUT2D eigenvalue weighted by Crippen LogP contribution is -2.31. The van der Waals surface area contributed by atoms with Crippen LogP contribution in [0.1, 0.15) is 27.0 Å². The van der Waals surface area contributed by atoms with Gasteiger partial charge in [0.05, 0.1) is 17.1 Å². The summed E-state index contributed by atoms with van der Waals surface area (Å²) in [7, 11) is -4.34. The van der Waals surface area contributed by atoms with Crippen LogP contribution in [0.5, 0.6) is 17.2 Å². The Morgan fingerprint density at radius 3 is 2.02 bits per heavy atom. The maximum absolute atomic E-state index is 14.3. The van der Waals surface area contributed by atoms with Gasteiger partial charge in [-0.25, -0.2) is 13.2 Å². The molecule has 0 atom stereocenters. The molecule has 41 heavy (non-hydrogen) atoms. The van der Waals surface area contributed by atoms with Crippen LogP contribution >= 0.6 is 11.6 Å². The van der Waals surface area contributed by atoms with Gasteiger partial charge in [-0.15, -0.1) is 0 Å². The number of anilines is 1. The Bertz CT molecular complexity index is 1850. The lowest BCUT2D eigenvalue weighted by atomic mass is 10.1. The minimum Gasteiger partial charge on any atom is -0.506 e. The number of nitrogens with zero attached hydrogens (tertiary/aromatic N) is 1. The monoisotopic (exact) mass is 587 g/mol. The van der Waals surface area contributed by atoms with Crippen molar-refractivity contribution in [1.82, 2.24) is 0 Å². The molecular formula is C32H26ClNO6S. The van der Waals surface area contributed by atoms with Gasteiger partial charge < -0.3 is 14.9 Å². The lowest BCUT2D eigenvalue weighted by Gasteiger charge is -2.26. The first-order chi connectivity index (χ1) is 19.6. The molecule has 0 saturated heterocycles. The van der Waals surface area contributed by atoms with E-state index in [1.165, 1.54) is 10.4 Å². The zero-order valence-corrected chi connectivity index (χ0v) is 23.8. The van der Waals surface area contributed by atoms with E-state index < -0.39 is 27.3 Å². The molecule has 5 aromatic rings. The first-order valence-corrected chi connectivity index (χ1v) is 14.5. The SMILES string of the molecule is Cc1cc(Oc2ccc(N(Cc3ccccc3)S(=O)(=O)c3cc(C(=O)O)c(O)c4ccccc34)cc2)cc(C)c1Cl. The zero-order valence-electron chi connectivity index (χ0n) is 22.2. The van der Waals surface area contributed by atoms with Crippen molar-refractivity contribution in [3.63, 3.8) is 0 Å². The number of hydrogen-bond acceptors (Lipinski definition) is 5. The van der Waals surface area contributed by atoms with Crippen molar-refractivity contribution in [2.45, 2.75) is 25.3 Å². The number of halogens is 1. The van der Waals surface area contributed by atoms with Gasteiger partial charge >= 0.3 is 5.97 Å². The van der Waals surface area contributed by atoms with Crippen molar-refractivity contribution < 1.29 is 28.2 Å². The number of aromatic hydroxyl groups is 1. The average Bonchev–Trinajstić information content (AvgIpc) is 2.95. The highest BCUT2D eigenvalue weighted by molar-refractivity contribution is 7.93. The van der Waals surface area contributed by atoms with Crippen LogP contribution in [0.15, 0.2) is 102 Å². The molecule has 0 aliphatic carbocycles. The average molecular weight is 588 g/mol. The van der Waals surface area contributed by atoms with Gasteiger partial charge in [0.1, 0.15) is 22.8 Å². The van der Waals surface area contributed by atoms with E-state index in [2.05, 4.69) is 0 Å². The summed E-state index contributed by atoms with van der Waals surface area (Å²) in [5.74, 6) is -0.831. The third kappa shape index (κ3) is 5.57. The van der Waals surface area contributed by atoms with Crippen LogP contribution in [-0.2, 0) is 16.6 Å². The fourth-order valence-electron chi connectivity index (χ4n) is 4.67. The highest BCUT2D eigenvalue weighted by Gasteiger charge is 2.30. The second kappa shape index (κ2) is 11.2. The van der Waals surface area contributed by atoms with Crippen molar-refractivity contribution in [3.8, 4) is 17.2 Å². The summed E-state index contributed by atoms with van der Waals surface area (Å²) < 4.78 is 35.9. The molecule has 0 aliphatic rings. The highest BCUT2D eigenvalue weighted by Crippen LogP contribution is 2.38. The number of fused-ring (bicyclic) bond motifs is 1. The molecule has 0 amide bonds. The molecule has 2 N–H and O–H groups in total. The van der Waals surface area contributed by atoms with E-state index in [0.717, 1.165) is 22.8 Å². The predicted molar refractivity (Wildman–Crippen MR) is 160 cm³/mol. The number of benzene rings is 5. The van der Waals surface area contributed by atoms with Crippen LogP contribution in [0.25, 0.3) is 10.8 Å². The fourth-order valence-corrected chi connectivity index (χ4v) is 6.46. The number of carboxylic acids is 1. The number of aryl methyl sites for hydroxylation is 2. The summed E-state index contributed by atoms with van der Waals surface area (Å²) in [6.07, 6.45) is 0. The molecule has 0 unspecified atom stereocenters. The first-order valence-electron chi connectivity index (χ1n) is 12.7. The van der Waals surface area contributed by atoms with Crippen LogP contribution in [0, 0.1) is 13.8 Å². The minimum atomic E-state index is -4.34. The van der Waals surface area contributed by atoms with Crippen molar-refractivity contribution in [2.24, 2.45) is 0 Å². The summed E-state index contributed by atoms with van der Waals surface area (Å²) in [4.78, 5) is 11.7. The molecule has 0 spiro atoms. The molecule has 0 aromatic heterocycles. The van der Waals surface area contributed by atoms with Crippen LogP contribution in [0.2, 0.25) is 5.02 Å².